The van der Waals surface area contributed by atoms with Crippen molar-refractivity contribution < 1.29 is 9.53 Å². The van der Waals surface area contributed by atoms with Crippen molar-refractivity contribution in [3.8, 4) is 0 Å². The number of likely N-dealkylation sites (tertiary alicyclic amines) is 1. The first kappa shape index (κ1) is 18.3. The van der Waals surface area contributed by atoms with Crippen LogP contribution in [0.3, 0.4) is 0 Å². The molecule has 2 unspecified atom stereocenters. The molecule has 0 bridgehead atoms. The van der Waals surface area contributed by atoms with Gasteiger partial charge in [-0.15, -0.1) is 0 Å². The molecule has 1 N–H and O–H groups in total. The fourth-order valence-electron chi connectivity index (χ4n) is 2.38. The van der Waals surface area contributed by atoms with E-state index >= 15 is 0 Å². The molecule has 2 atom stereocenters. The van der Waals surface area contributed by atoms with Crippen LogP contribution in [-0.2, 0) is 4.74 Å². The van der Waals surface area contributed by atoms with Gasteiger partial charge in [-0.1, -0.05) is 20.8 Å². The van der Waals surface area contributed by atoms with Gasteiger partial charge in [0.25, 0.3) is 0 Å². The summed E-state index contributed by atoms with van der Waals surface area (Å²) < 4.78 is 5.47. The number of hydrogen-bond acceptors (Lipinski definition) is 3. The van der Waals surface area contributed by atoms with E-state index in [1.807, 2.05) is 25.7 Å². The first-order valence-electron chi connectivity index (χ1n) is 8.23. The van der Waals surface area contributed by atoms with Crippen LogP contribution < -0.4 is 5.32 Å². The molecule has 1 saturated heterocycles. The van der Waals surface area contributed by atoms with E-state index in [9.17, 15) is 4.79 Å². The summed E-state index contributed by atoms with van der Waals surface area (Å²) in [6.07, 6.45) is 2.99. The molecular weight excluding hydrogens is 264 g/mol. The summed E-state index contributed by atoms with van der Waals surface area (Å²) in [5, 5.41) is 3.73. The Morgan fingerprint density at radius 1 is 1.14 bits per heavy atom. The highest BCUT2D eigenvalue weighted by Crippen LogP contribution is 2.21. The van der Waals surface area contributed by atoms with Gasteiger partial charge in [-0.3, -0.25) is 0 Å². The van der Waals surface area contributed by atoms with Crippen molar-refractivity contribution in [2.75, 3.05) is 13.1 Å². The normalized spacial score (nSPS) is 22.6. The Bertz CT molecular complexity index is 342. The van der Waals surface area contributed by atoms with Crippen molar-refractivity contribution >= 4 is 6.09 Å². The molecule has 124 valence electrons. The van der Waals surface area contributed by atoms with Crippen LogP contribution in [0.25, 0.3) is 0 Å². The Hall–Kier alpha value is -0.770. The second-order valence-electron chi connectivity index (χ2n) is 8.35. The second-order valence-corrected chi connectivity index (χ2v) is 8.35. The fraction of sp³-hybridized carbons (Fsp3) is 0.941. The van der Waals surface area contributed by atoms with Crippen molar-refractivity contribution in [2.24, 2.45) is 5.41 Å². The molecule has 1 fully saturated rings. The zero-order valence-electron chi connectivity index (χ0n) is 15.0. The van der Waals surface area contributed by atoms with E-state index in [0.717, 1.165) is 32.4 Å². The lowest BCUT2D eigenvalue weighted by atomic mass is 9.87. The molecule has 0 saturated carbocycles. The largest absolute Gasteiger partial charge is 0.444 e. The van der Waals surface area contributed by atoms with Crippen LogP contribution in [-0.4, -0.2) is 41.8 Å². The topological polar surface area (TPSA) is 41.6 Å². The lowest BCUT2D eigenvalue weighted by molar-refractivity contribution is 0.0255. The SMILES string of the molecule is CC(NC1CCCN(C(=O)OC(C)(C)C)CC1)C(C)(C)C. The minimum absolute atomic E-state index is 0.174. The van der Waals surface area contributed by atoms with Crippen LogP contribution >= 0.6 is 0 Å². The van der Waals surface area contributed by atoms with Crippen molar-refractivity contribution in [1.29, 1.82) is 0 Å². The molecule has 0 aromatic heterocycles. The number of hydrogen-bond donors (Lipinski definition) is 1. The van der Waals surface area contributed by atoms with E-state index < -0.39 is 5.60 Å². The Morgan fingerprint density at radius 3 is 2.29 bits per heavy atom. The summed E-state index contributed by atoms with van der Waals surface area (Å²) in [5.41, 5.74) is -0.154. The van der Waals surface area contributed by atoms with Gasteiger partial charge >= 0.3 is 6.09 Å². The monoisotopic (exact) mass is 298 g/mol. The Balaban J connectivity index is 2.49. The van der Waals surface area contributed by atoms with Gasteiger partial charge in [0.15, 0.2) is 0 Å². The third kappa shape index (κ3) is 6.68. The van der Waals surface area contributed by atoms with E-state index in [-0.39, 0.29) is 11.5 Å². The third-order valence-electron chi connectivity index (χ3n) is 4.16. The van der Waals surface area contributed by atoms with Crippen LogP contribution in [0.2, 0.25) is 0 Å². The first-order valence-corrected chi connectivity index (χ1v) is 8.23. The van der Waals surface area contributed by atoms with E-state index in [2.05, 4.69) is 33.0 Å². The molecule has 1 rings (SSSR count). The van der Waals surface area contributed by atoms with Gasteiger partial charge in [0.1, 0.15) is 5.60 Å². The summed E-state index contributed by atoms with van der Waals surface area (Å²) in [5.74, 6) is 0. The van der Waals surface area contributed by atoms with E-state index in [1.165, 1.54) is 0 Å². The maximum atomic E-state index is 12.1. The highest BCUT2D eigenvalue weighted by Gasteiger charge is 2.27. The zero-order valence-corrected chi connectivity index (χ0v) is 15.0. The molecule has 1 aliphatic rings. The van der Waals surface area contributed by atoms with E-state index in [1.54, 1.807) is 0 Å². The van der Waals surface area contributed by atoms with E-state index in [4.69, 9.17) is 4.74 Å². The Morgan fingerprint density at radius 2 is 1.76 bits per heavy atom. The van der Waals surface area contributed by atoms with Crippen molar-refractivity contribution in [3.63, 3.8) is 0 Å². The second kappa shape index (κ2) is 6.99. The van der Waals surface area contributed by atoms with Gasteiger partial charge in [0.2, 0.25) is 0 Å². The summed E-state index contributed by atoms with van der Waals surface area (Å²) in [6.45, 7) is 16.3. The fourth-order valence-corrected chi connectivity index (χ4v) is 2.38. The number of carbonyl (C=O) groups excluding carboxylic acids is 1. The molecular formula is C17H34N2O2. The highest BCUT2D eigenvalue weighted by atomic mass is 16.6. The van der Waals surface area contributed by atoms with Gasteiger partial charge < -0.3 is 15.0 Å². The zero-order chi connectivity index (χ0) is 16.3. The molecule has 1 heterocycles. The molecule has 0 radical (unpaired) electrons. The van der Waals surface area contributed by atoms with Crippen LogP contribution in [0.1, 0.15) is 67.7 Å². The third-order valence-corrected chi connectivity index (χ3v) is 4.16. The average Bonchev–Trinajstić information content (AvgIpc) is 2.51. The van der Waals surface area contributed by atoms with Crippen LogP contribution in [0, 0.1) is 5.41 Å². The summed E-state index contributed by atoms with van der Waals surface area (Å²) in [4.78, 5) is 14.0. The lowest BCUT2D eigenvalue weighted by Gasteiger charge is -2.32. The van der Waals surface area contributed by atoms with Crippen LogP contribution in [0.4, 0.5) is 4.79 Å². The summed E-state index contributed by atoms with van der Waals surface area (Å²) >= 11 is 0. The lowest BCUT2D eigenvalue weighted by Crippen LogP contribution is -2.44. The van der Waals surface area contributed by atoms with Gasteiger partial charge in [-0.25, -0.2) is 4.79 Å². The van der Waals surface area contributed by atoms with Crippen molar-refractivity contribution in [1.82, 2.24) is 10.2 Å². The van der Waals surface area contributed by atoms with Gasteiger partial charge in [0.05, 0.1) is 0 Å². The number of nitrogens with one attached hydrogen (secondary N) is 1. The summed E-state index contributed by atoms with van der Waals surface area (Å²) in [7, 11) is 0. The average molecular weight is 298 g/mol. The maximum absolute atomic E-state index is 12.1. The molecule has 4 heteroatoms. The molecule has 1 amide bonds. The summed E-state index contributed by atoms with van der Waals surface area (Å²) in [6, 6.07) is 0.960. The number of amides is 1. The molecule has 0 spiro atoms. The maximum Gasteiger partial charge on any atom is 0.410 e. The minimum atomic E-state index is -0.415. The molecule has 4 nitrogen and oxygen atoms in total. The molecule has 0 aromatic rings. The molecule has 1 aliphatic heterocycles. The minimum Gasteiger partial charge on any atom is -0.444 e. The highest BCUT2D eigenvalue weighted by molar-refractivity contribution is 5.68. The standard InChI is InChI=1S/C17H34N2O2/c1-13(16(2,3)4)18-14-9-8-11-19(12-10-14)15(20)21-17(5,6)7/h13-14,18H,8-12H2,1-7H3. The smallest absolute Gasteiger partial charge is 0.410 e. The van der Waals surface area contributed by atoms with Gasteiger partial charge in [0, 0.05) is 25.2 Å². The predicted molar refractivity (Wildman–Crippen MR) is 87.5 cm³/mol. The first-order chi connectivity index (χ1) is 9.49. The number of nitrogens with zero attached hydrogens (tertiary/aromatic N) is 1. The number of rotatable bonds is 2. The molecule has 0 aliphatic carbocycles. The van der Waals surface area contributed by atoms with E-state index in [0.29, 0.717) is 12.1 Å². The molecule has 21 heavy (non-hydrogen) atoms. The molecule has 0 aromatic carbocycles. The van der Waals surface area contributed by atoms with Crippen molar-refractivity contribution in [3.05, 3.63) is 0 Å². The van der Waals surface area contributed by atoms with Gasteiger partial charge in [-0.2, -0.15) is 0 Å². The Labute approximate surface area is 130 Å². The van der Waals surface area contributed by atoms with Crippen LogP contribution in [0.5, 0.6) is 0 Å². The van der Waals surface area contributed by atoms with Crippen LogP contribution in [0.15, 0.2) is 0 Å². The predicted octanol–water partition coefficient (Wildman–Crippen LogP) is 3.80. The van der Waals surface area contributed by atoms with Crippen molar-refractivity contribution in [2.45, 2.75) is 85.4 Å². The number of ether oxygens (including phenoxy) is 1. The van der Waals surface area contributed by atoms with Gasteiger partial charge in [-0.05, 0) is 52.4 Å². The quantitative estimate of drug-likeness (QED) is 0.843. The Kier molecular flexibility index (Phi) is 6.09. The number of carbonyl (C=O) groups is 1.